The zero-order valence-electron chi connectivity index (χ0n) is 14.3. The Morgan fingerprint density at radius 2 is 2.04 bits per heavy atom. The molecule has 0 aliphatic carbocycles. The average molecular weight is 359 g/mol. The van der Waals surface area contributed by atoms with E-state index in [0.29, 0.717) is 29.3 Å². The summed E-state index contributed by atoms with van der Waals surface area (Å²) in [5.41, 5.74) is 2.56. The Hall–Kier alpha value is -2.28. The maximum absolute atomic E-state index is 12.2. The Morgan fingerprint density at radius 1 is 1.32 bits per heavy atom. The molecule has 3 rings (SSSR count). The summed E-state index contributed by atoms with van der Waals surface area (Å²) in [6.45, 7) is 4.64. The third kappa shape index (κ3) is 3.87. The lowest BCUT2D eigenvalue weighted by molar-refractivity contribution is 0.0525. The van der Waals surface area contributed by atoms with E-state index in [1.807, 2.05) is 30.8 Å². The highest BCUT2D eigenvalue weighted by Gasteiger charge is 2.19. The number of ether oxygens (including phenoxy) is 1. The van der Waals surface area contributed by atoms with Gasteiger partial charge in [-0.3, -0.25) is 4.79 Å². The minimum Gasteiger partial charge on any atom is -0.462 e. The molecule has 7 heteroatoms. The fraction of sp³-hybridized carbons (Fsp3) is 0.389. The topological polar surface area (TPSA) is 73.2 Å². The normalized spacial score (nSPS) is 14.0. The first-order chi connectivity index (χ1) is 12.1. The molecule has 1 aliphatic heterocycles. The monoisotopic (exact) mass is 359 g/mol. The van der Waals surface area contributed by atoms with Crippen LogP contribution in [0.2, 0.25) is 0 Å². The number of carbonyl (C=O) groups is 2. The second kappa shape index (κ2) is 7.74. The molecule has 1 saturated heterocycles. The number of amides is 1. The Balaban J connectivity index is 1.69. The van der Waals surface area contributed by atoms with Crippen molar-refractivity contribution < 1.29 is 14.3 Å². The van der Waals surface area contributed by atoms with Gasteiger partial charge in [0.25, 0.3) is 5.91 Å². The zero-order valence-corrected chi connectivity index (χ0v) is 15.1. The minimum absolute atomic E-state index is 0.0622. The van der Waals surface area contributed by atoms with Crippen LogP contribution in [0, 0.1) is 12.8 Å². The van der Waals surface area contributed by atoms with E-state index in [1.54, 1.807) is 23.7 Å². The quantitative estimate of drug-likeness (QED) is 0.802. The number of benzene rings is 1. The smallest absolute Gasteiger partial charge is 0.341 e. The highest BCUT2D eigenvalue weighted by molar-refractivity contribution is 8.00. The predicted octanol–water partition coefficient (Wildman–Crippen LogP) is 2.45. The summed E-state index contributed by atoms with van der Waals surface area (Å²) in [6, 6.07) is 7.18. The molecule has 132 valence electrons. The van der Waals surface area contributed by atoms with Crippen molar-refractivity contribution in [1.29, 1.82) is 0 Å². The van der Waals surface area contributed by atoms with E-state index < -0.39 is 0 Å². The van der Waals surface area contributed by atoms with Crippen molar-refractivity contribution >= 4 is 23.6 Å². The summed E-state index contributed by atoms with van der Waals surface area (Å²) in [4.78, 5) is 24.0. The fourth-order valence-corrected chi connectivity index (χ4v) is 3.38. The van der Waals surface area contributed by atoms with E-state index in [0.717, 1.165) is 23.7 Å². The molecule has 0 unspecified atom stereocenters. The second-order valence-electron chi connectivity index (χ2n) is 5.94. The van der Waals surface area contributed by atoms with Crippen LogP contribution in [-0.2, 0) is 4.74 Å². The van der Waals surface area contributed by atoms with Gasteiger partial charge in [0.05, 0.1) is 24.2 Å². The van der Waals surface area contributed by atoms with E-state index in [2.05, 4.69) is 10.4 Å². The number of thioether (sulfide) groups is 1. The lowest BCUT2D eigenvalue weighted by Crippen LogP contribution is -2.35. The molecule has 1 fully saturated rings. The Bertz CT molecular complexity index is 766. The van der Waals surface area contributed by atoms with Crippen molar-refractivity contribution in [2.75, 3.05) is 24.7 Å². The van der Waals surface area contributed by atoms with E-state index in [-0.39, 0.29) is 11.9 Å². The van der Waals surface area contributed by atoms with Gasteiger partial charge in [0.15, 0.2) is 0 Å². The number of hydrogen-bond donors (Lipinski definition) is 1. The first-order valence-electron chi connectivity index (χ1n) is 8.28. The molecular weight excluding hydrogens is 338 g/mol. The number of hydrogen-bond acceptors (Lipinski definition) is 5. The molecule has 1 N–H and O–H groups in total. The first kappa shape index (κ1) is 17.5. The van der Waals surface area contributed by atoms with Crippen LogP contribution in [0.1, 0.15) is 33.3 Å². The molecule has 0 atom stereocenters. The summed E-state index contributed by atoms with van der Waals surface area (Å²) >= 11 is 1.91. The molecule has 0 bridgehead atoms. The molecule has 25 heavy (non-hydrogen) atoms. The van der Waals surface area contributed by atoms with Crippen molar-refractivity contribution in [3.63, 3.8) is 0 Å². The maximum atomic E-state index is 12.2. The van der Waals surface area contributed by atoms with Gasteiger partial charge >= 0.3 is 5.97 Å². The molecule has 6 nitrogen and oxygen atoms in total. The van der Waals surface area contributed by atoms with E-state index in [9.17, 15) is 9.59 Å². The van der Waals surface area contributed by atoms with Crippen LogP contribution in [0.25, 0.3) is 5.69 Å². The van der Waals surface area contributed by atoms with Gasteiger partial charge in [-0.15, -0.1) is 0 Å². The standard InChI is InChI=1S/C18H21N3O3S/c1-3-24-18(23)16-9-20-21(12(16)2)15-6-4-14(5-7-15)17(22)19-8-13-10-25-11-13/h4-7,9,13H,3,8,10-11H2,1-2H3,(H,19,22). The molecule has 0 spiro atoms. The van der Waals surface area contributed by atoms with Crippen LogP contribution in [0.3, 0.4) is 0 Å². The number of nitrogens with one attached hydrogen (secondary N) is 1. The van der Waals surface area contributed by atoms with Gasteiger partial charge in [-0.1, -0.05) is 0 Å². The molecular formula is C18H21N3O3S. The number of esters is 1. The van der Waals surface area contributed by atoms with Gasteiger partial charge in [0.1, 0.15) is 5.56 Å². The molecule has 0 radical (unpaired) electrons. The van der Waals surface area contributed by atoms with Crippen LogP contribution < -0.4 is 5.32 Å². The van der Waals surface area contributed by atoms with Crippen LogP contribution >= 0.6 is 11.8 Å². The van der Waals surface area contributed by atoms with Crippen molar-refractivity contribution in [3.8, 4) is 5.69 Å². The Kier molecular flexibility index (Phi) is 5.43. The summed E-state index contributed by atoms with van der Waals surface area (Å²) in [5, 5.41) is 7.22. The summed E-state index contributed by atoms with van der Waals surface area (Å²) in [7, 11) is 0. The zero-order chi connectivity index (χ0) is 17.8. The van der Waals surface area contributed by atoms with Gasteiger partial charge in [-0.05, 0) is 55.5 Å². The van der Waals surface area contributed by atoms with Crippen LogP contribution in [0.15, 0.2) is 30.5 Å². The summed E-state index contributed by atoms with van der Waals surface area (Å²) < 4.78 is 6.69. The van der Waals surface area contributed by atoms with Crippen LogP contribution in [0.4, 0.5) is 0 Å². The number of rotatable bonds is 6. The molecule has 1 amide bonds. The highest BCUT2D eigenvalue weighted by atomic mass is 32.2. The van der Waals surface area contributed by atoms with Crippen LogP contribution in [0.5, 0.6) is 0 Å². The largest absolute Gasteiger partial charge is 0.462 e. The van der Waals surface area contributed by atoms with E-state index in [4.69, 9.17) is 4.74 Å². The summed E-state index contributed by atoms with van der Waals surface area (Å²) in [6.07, 6.45) is 1.50. The molecule has 1 aliphatic rings. The maximum Gasteiger partial charge on any atom is 0.341 e. The van der Waals surface area contributed by atoms with E-state index >= 15 is 0 Å². The molecule has 1 aromatic carbocycles. The lowest BCUT2D eigenvalue weighted by Gasteiger charge is -2.24. The molecule has 2 heterocycles. The number of nitrogens with zero attached hydrogens (tertiary/aromatic N) is 2. The van der Waals surface area contributed by atoms with Crippen molar-refractivity contribution in [2.45, 2.75) is 13.8 Å². The van der Waals surface area contributed by atoms with Gasteiger partial charge in [-0.25, -0.2) is 9.48 Å². The summed E-state index contributed by atoms with van der Waals surface area (Å²) in [5.74, 6) is 2.41. The van der Waals surface area contributed by atoms with Gasteiger partial charge in [-0.2, -0.15) is 16.9 Å². The Labute approximate surface area is 150 Å². The van der Waals surface area contributed by atoms with Crippen molar-refractivity contribution in [2.24, 2.45) is 5.92 Å². The van der Waals surface area contributed by atoms with E-state index in [1.165, 1.54) is 6.20 Å². The first-order valence-corrected chi connectivity index (χ1v) is 9.43. The molecule has 0 saturated carbocycles. The fourth-order valence-electron chi connectivity index (χ4n) is 2.57. The minimum atomic E-state index is -0.378. The Morgan fingerprint density at radius 3 is 2.64 bits per heavy atom. The van der Waals surface area contributed by atoms with Gasteiger partial charge < -0.3 is 10.1 Å². The van der Waals surface area contributed by atoms with Gasteiger partial charge in [0.2, 0.25) is 0 Å². The third-order valence-electron chi connectivity index (χ3n) is 4.14. The number of carbonyl (C=O) groups excluding carboxylic acids is 2. The number of aromatic nitrogens is 2. The molecule has 2 aromatic rings. The predicted molar refractivity (Wildman–Crippen MR) is 97.4 cm³/mol. The second-order valence-corrected chi connectivity index (χ2v) is 7.01. The lowest BCUT2D eigenvalue weighted by atomic mass is 10.1. The van der Waals surface area contributed by atoms with Gasteiger partial charge in [0, 0.05) is 12.1 Å². The molecule has 1 aromatic heterocycles. The van der Waals surface area contributed by atoms with Crippen molar-refractivity contribution in [3.05, 3.63) is 47.3 Å². The highest BCUT2D eigenvalue weighted by Crippen LogP contribution is 2.23. The van der Waals surface area contributed by atoms with Crippen LogP contribution in [-0.4, -0.2) is 46.3 Å². The van der Waals surface area contributed by atoms with Crippen molar-refractivity contribution in [1.82, 2.24) is 15.1 Å². The average Bonchev–Trinajstić information content (AvgIpc) is 2.95. The SMILES string of the molecule is CCOC(=O)c1cnn(-c2ccc(C(=O)NCC3CSC3)cc2)c1C. The third-order valence-corrected chi connectivity index (χ3v) is 5.55.